The van der Waals surface area contributed by atoms with Gasteiger partial charge in [-0.25, -0.2) is 0 Å². The van der Waals surface area contributed by atoms with Crippen LogP contribution in [0.3, 0.4) is 0 Å². The zero-order valence-corrected chi connectivity index (χ0v) is 16.0. The summed E-state index contributed by atoms with van der Waals surface area (Å²) in [5.74, 6) is 1.36. The van der Waals surface area contributed by atoms with Crippen molar-refractivity contribution < 1.29 is 4.42 Å². The quantitative estimate of drug-likeness (QED) is 0.736. The van der Waals surface area contributed by atoms with Crippen LogP contribution in [-0.4, -0.2) is 47.8 Å². The van der Waals surface area contributed by atoms with Crippen LogP contribution in [0.4, 0.5) is 6.01 Å². The van der Waals surface area contributed by atoms with Crippen molar-refractivity contribution in [2.24, 2.45) is 5.92 Å². The predicted molar refractivity (Wildman–Crippen MR) is 98.7 cm³/mol. The first-order valence-corrected chi connectivity index (χ1v) is 8.14. The smallest absolute Gasteiger partial charge is 0.315 e. The molecule has 1 saturated heterocycles. The lowest BCUT2D eigenvalue weighted by Crippen LogP contribution is -2.42. The SMILES string of the molecule is CNCc1nnc(NCCC2CCCCN2CC(C)C)o1.Cl.Cl. The molecule has 6 nitrogen and oxygen atoms in total. The molecule has 1 aliphatic rings. The van der Waals surface area contributed by atoms with Gasteiger partial charge in [-0.15, -0.1) is 29.9 Å². The fourth-order valence-corrected chi connectivity index (χ4v) is 2.99. The number of nitrogens with zero attached hydrogens (tertiary/aromatic N) is 3. The van der Waals surface area contributed by atoms with Crippen molar-refractivity contribution in [3.05, 3.63) is 5.89 Å². The molecule has 0 radical (unpaired) electrons. The Labute approximate surface area is 152 Å². The molecule has 1 aliphatic heterocycles. The fourth-order valence-electron chi connectivity index (χ4n) is 2.99. The monoisotopic (exact) mass is 367 g/mol. The average molecular weight is 368 g/mol. The zero-order valence-electron chi connectivity index (χ0n) is 14.4. The van der Waals surface area contributed by atoms with Gasteiger partial charge in [0.2, 0.25) is 5.89 Å². The third-order valence-electron chi connectivity index (χ3n) is 3.90. The molecule has 0 bridgehead atoms. The fraction of sp³-hybridized carbons (Fsp3) is 0.867. The van der Waals surface area contributed by atoms with Crippen molar-refractivity contribution in [3.8, 4) is 0 Å². The van der Waals surface area contributed by atoms with E-state index in [4.69, 9.17) is 4.42 Å². The van der Waals surface area contributed by atoms with E-state index < -0.39 is 0 Å². The number of aromatic nitrogens is 2. The van der Waals surface area contributed by atoms with E-state index in [2.05, 4.69) is 39.6 Å². The van der Waals surface area contributed by atoms with Gasteiger partial charge in [-0.3, -0.25) is 0 Å². The Morgan fingerprint density at radius 3 is 2.74 bits per heavy atom. The van der Waals surface area contributed by atoms with Crippen LogP contribution in [0.15, 0.2) is 4.42 Å². The molecule has 1 fully saturated rings. The van der Waals surface area contributed by atoms with E-state index in [1.807, 2.05) is 7.05 Å². The van der Waals surface area contributed by atoms with E-state index in [-0.39, 0.29) is 24.8 Å². The molecular formula is C15H31Cl2N5O. The van der Waals surface area contributed by atoms with E-state index >= 15 is 0 Å². The summed E-state index contributed by atoms with van der Waals surface area (Å²) in [5, 5.41) is 14.2. The van der Waals surface area contributed by atoms with Gasteiger partial charge >= 0.3 is 6.01 Å². The topological polar surface area (TPSA) is 66.2 Å². The van der Waals surface area contributed by atoms with Crippen molar-refractivity contribution in [2.75, 3.05) is 32.0 Å². The van der Waals surface area contributed by atoms with Gasteiger partial charge in [0.25, 0.3) is 0 Å². The summed E-state index contributed by atoms with van der Waals surface area (Å²) in [7, 11) is 1.86. The highest BCUT2D eigenvalue weighted by Crippen LogP contribution is 2.21. The zero-order chi connectivity index (χ0) is 15.1. The van der Waals surface area contributed by atoms with Crippen LogP contribution >= 0.6 is 24.8 Å². The molecule has 0 aromatic carbocycles. The van der Waals surface area contributed by atoms with E-state index in [1.165, 1.54) is 32.4 Å². The van der Waals surface area contributed by atoms with Crippen LogP contribution in [0.5, 0.6) is 0 Å². The molecule has 0 saturated carbocycles. The Morgan fingerprint density at radius 2 is 2.04 bits per heavy atom. The van der Waals surface area contributed by atoms with Crippen LogP contribution < -0.4 is 10.6 Å². The number of rotatable bonds is 8. The summed E-state index contributed by atoms with van der Waals surface area (Å²) in [6.45, 7) is 8.55. The van der Waals surface area contributed by atoms with Gasteiger partial charge in [0.05, 0.1) is 6.54 Å². The molecule has 0 spiro atoms. The van der Waals surface area contributed by atoms with E-state index in [0.29, 0.717) is 24.5 Å². The number of likely N-dealkylation sites (tertiary alicyclic amines) is 1. The van der Waals surface area contributed by atoms with Crippen LogP contribution in [0.2, 0.25) is 0 Å². The van der Waals surface area contributed by atoms with Crippen molar-refractivity contribution >= 4 is 30.8 Å². The van der Waals surface area contributed by atoms with E-state index in [1.54, 1.807) is 0 Å². The minimum Gasteiger partial charge on any atom is -0.407 e. The molecule has 1 aromatic rings. The molecule has 1 unspecified atom stereocenters. The number of hydrogen-bond acceptors (Lipinski definition) is 6. The number of nitrogens with one attached hydrogen (secondary N) is 2. The number of hydrogen-bond donors (Lipinski definition) is 2. The van der Waals surface area contributed by atoms with E-state index in [0.717, 1.165) is 18.9 Å². The highest BCUT2D eigenvalue weighted by molar-refractivity contribution is 5.85. The number of anilines is 1. The minimum absolute atomic E-state index is 0. The Balaban J connectivity index is 0.00000242. The molecule has 1 atom stereocenters. The van der Waals surface area contributed by atoms with Crippen LogP contribution in [0.25, 0.3) is 0 Å². The first kappa shape index (κ1) is 22.4. The van der Waals surface area contributed by atoms with Crippen molar-refractivity contribution in [2.45, 2.75) is 52.1 Å². The summed E-state index contributed by atoms with van der Waals surface area (Å²) >= 11 is 0. The van der Waals surface area contributed by atoms with Gasteiger partial charge in [-0.2, -0.15) is 0 Å². The van der Waals surface area contributed by atoms with Crippen molar-refractivity contribution in [3.63, 3.8) is 0 Å². The van der Waals surface area contributed by atoms with Crippen LogP contribution in [0.1, 0.15) is 45.4 Å². The maximum Gasteiger partial charge on any atom is 0.315 e. The molecule has 2 rings (SSSR count). The van der Waals surface area contributed by atoms with E-state index in [9.17, 15) is 0 Å². The highest BCUT2D eigenvalue weighted by Gasteiger charge is 2.22. The second-order valence-corrected chi connectivity index (χ2v) is 6.29. The van der Waals surface area contributed by atoms with Crippen LogP contribution in [-0.2, 0) is 6.54 Å². The molecule has 8 heteroatoms. The molecule has 1 aromatic heterocycles. The Morgan fingerprint density at radius 1 is 1.26 bits per heavy atom. The molecule has 0 aliphatic carbocycles. The second-order valence-electron chi connectivity index (χ2n) is 6.29. The van der Waals surface area contributed by atoms with Crippen LogP contribution in [0, 0.1) is 5.92 Å². The summed E-state index contributed by atoms with van der Waals surface area (Å²) in [4.78, 5) is 2.65. The molecule has 23 heavy (non-hydrogen) atoms. The standard InChI is InChI=1S/C15H29N5O.2ClH/c1-12(2)11-20-9-5-4-6-13(20)7-8-17-15-19-18-14(21-15)10-16-3;;/h12-13,16H,4-11H2,1-3H3,(H,17,19);2*1H. The Hall–Kier alpha value is -0.560. The molecular weight excluding hydrogens is 337 g/mol. The average Bonchev–Trinajstić information content (AvgIpc) is 2.88. The van der Waals surface area contributed by atoms with Gasteiger partial charge in [-0.1, -0.05) is 25.4 Å². The first-order chi connectivity index (χ1) is 10.2. The van der Waals surface area contributed by atoms with Gasteiger partial charge < -0.3 is 20.0 Å². The number of piperidine rings is 1. The van der Waals surface area contributed by atoms with Gasteiger partial charge in [0, 0.05) is 19.1 Å². The van der Waals surface area contributed by atoms with Crippen molar-refractivity contribution in [1.29, 1.82) is 0 Å². The lowest BCUT2D eigenvalue weighted by Gasteiger charge is -2.36. The first-order valence-electron chi connectivity index (χ1n) is 8.14. The Bertz CT molecular complexity index is 416. The summed E-state index contributed by atoms with van der Waals surface area (Å²) in [6.07, 6.45) is 5.14. The maximum absolute atomic E-state index is 5.50. The lowest BCUT2D eigenvalue weighted by molar-refractivity contribution is 0.127. The normalized spacial score (nSPS) is 18.3. The predicted octanol–water partition coefficient (Wildman–Crippen LogP) is 2.95. The van der Waals surface area contributed by atoms with Gasteiger partial charge in [0.1, 0.15) is 0 Å². The number of halogens is 2. The molecule has 136 valence electrons. The largest absolute Gasteiger partial charge is 0.407 e. The summed E-state index contributed by atoms with van der Waals surface area (Å²) < 4.78 is 5.50. The highest BCUT2D eigenvalue weighted by atomic mass is 35.5. The Kier molecular flexibility index (Phi) is 11.6. The molecule has 0 amide bonds. The van der Waals surface area contributed by atoms with Gasteiger partial charge in [0.15, 0.2) is 0 Å². The third-order valence-corrected chi connectivity index (χ3v) is 3.90. The summed E-state index contributed by atoms with van der Waals surface area (Å²) in [6, 6.07) is 1.22. The minimum atomic E-state index is 0. The third kappa shape index (κ3) is 7.70. The summed E-state index contributed by atoms with van der Waals surface area (Å²) in [5.41, 5.74) is 0. The molecule has 2 heterocycles. The van der Waals surface area contributed by atoms with Crippen molar-refractivity contribution in [1.82, 2.24) is 20.4 Å². The second kappa shape index (κ2) is 11.9. The molecule has 2 N–H and O–H groups in total. The van der Waals surface area contributed by atoms with Gasteiger partial charge in [-0.05, 0) is 38.8 Å². The lowest BCUT2D eigenvalue weighted by atomic mass is 9.98. The maximum atomic E-state index is 5.50.